The Balaban J connectivity index is 2.48. The maximum Gasteiger partial charge on any atom is 0.265 e. The molecule has 6 nitrogen and oxygen atoms in total. The fourth-order valence-electron chi connectivity index (χ4n) is 1.96. The molecule has 0 aliphatic rings. The predicted molar refractivity (Wildman–Crippen MR) is 89.5 cm³/mol. The van der Waals surface area contributed by atoms with Crippen LogP contribution in [-0.2, 0) is 14.8 Å². The van der Waals surface area contributed by atoms with E-state index < -0.39 is 21.7 Å². The van der Waals surface area contributed by atoms with Crippen molar-refractivity contribution < 1.29 is 22.3 Å². The molecule has 2 rings (SSSR count). The topological polar surface area (TPSA) is 84.5 Å². The number of methoxy groups -OCH3 is 1. The van der Waals surface area contributed by atoms with E-state index >= 15 is 0 Å². The minimum absolute atomic E-state index is 0.0735. The number of benzene rings is 2. The Morgan fingerprint density at radius 3 is 2.50 bits per heavy atom. The summed E-state index contributed by atoms with van der Waals surface area (Å²) in [6.07, 6.45) is 0. The number of ether oxygens (including phenoxy) is 1. The molecule has 0 saturated heterocycles. The molecule has 0 aliphatic carbocycles. The second-order valence-corrected chi connectivity index (χ2v) is 6.86. The quantitative estimate of drug-likeness (QED) is 0.843. The molecule has 0 bridgehead atoms. The van der Waals surface area contributed by atoms with E-state index in [-0.39, 0.29) is 27.0 Å². The third-order valence-corrected chi connectivity index (χ3v) is 4.57. The van der Waals surface area contributed by atoms with Crippen molar-refractivity contribution in [2.75, 3.05) is 17.1 Å². The van der Waals surface area contributed by atoms with Gasteiger partial charge in [0.1, 0.15) is 16.5 Å². The summed E-state index contributed by atoms with van der Waals surface area (Å²) in [6.45, 7) is 1.25. The number of halogens is 2. The highest BCUT2D eigenvalue weighted by Crippen LogP contribution is 2.31. The fraction of sp³-hybridized carbons (Fsp3) is 0.133. The molecule has 0 fully saturated rings. The van der Waals surface area contributed by atoms with Crippen LogP contribution in [0.3, 0.4) is 0 Å². The smallest absolute Gasteiger partial charge is 0.265 e. The van der Waals surface area contributed by atoms with Crippen LogP contribution in [0.15, 0.2) is 41.3 Å². The molecule has 0 saturated carbocycles. The molecule has 0 radical (unpaired) electrons. The van der Waals surface area contributed by atoms with Gasteiger partial charge in [-0.25, -0.2) is 12.8 Å². The largest absolute Gasteiger partial charge is 0.495 e. The van der Waals surface area contributed by atoms with E-state index in [0.29, 0.717) is 0 Å². The van der Waals surface area contributed by atoms with Crippen LogP contribution >= 0.6 is 11.6 Å². The van der Waals surface area contributed by atoms with Gasteiger partial charge in [0.2, 0.25) is 5.91 Å². The third kappa shape index (κ3) is 4.15. The molecule has 2 aromatic carbocycles. The zero-order chi connectivity index (χ0) is 17.9. The first kappa shape index (κ1) is 18.0. The Kier molecular flexibility index (Phi) is 5.30. The van der Waals surface area contributed by atoms with Crippen LogP contribution in [0.5, 0.6) is 5.75 Å². The fourth-order valence-corrected chi connectivity index (χ4v) is 3.46. The molecule has 0 atom stereocenters. The van der Waals surface area contributed by atoms with Gasteiger partial charge >= 0.3 is 0 Å². The maximum atomic E-state index is 13.5. The lowest BCUT2D eigenvalue weighted by molar-refractivity contribution is -0.114. The Morgan fingerprint density at radius 1 is 1.17 bits per heavy atom. The third-order valence-electron chi connectivity index (χ3n) is 2.95. The zero-order valence-corrected chi connectivity index (χ0v) is 14.3. The summed E-state index contributed by atoms with van der Waals surface area (Å²) < 4.78 is 45.9. The monoisotopic (exact) mass is 372 g/mol. The van der Waals surface area contributed by atoms with Gasteiger partial charge in [0, 0.05) is 18.0 Å². The lowest BCUT2D eigenvalue weighted by Crippen LogP contribution is -2.16. The van der Waals surface area contributed by atoms with Crippen molar-refractivity contribution in [2.45, 2.75) is 11.8 Å². The molecule has 0 spiro atoms. The summed E-state index contributed by atoms with van der Waals surface area (Å²) in [4.78, 5) is 11.0. The number of nitrogens with one attached hydrogen (secondary N) is 2. The van der Waals surface area contributed by atoms with E-state index in [1.165, 1.54) is 38.3 Å². The van der Waals surface area contributed by atoms with E-state index in [1.54, 1.807) is 0 Å². The Morgan fingerprint density at radius 2 is 1.88 bits per heavy atom. The molecule has 128 valence electrons. The first-order valence-electron chi connectivity index (χ1n) is 6.66. The molecule has 1 amide bonds. The van der Waals surface area contributed by atoms with Gasteiger partial charge in [-0.05, 0) is 30.3 Å². The molecule has 0 aliphatic heterocycles. The molecule has 24 heavy (non-hydrogen) atoms. The molecule has 2 aromatic rings. The Hall–Kier alpha value is -2.32. The van der Waals surface area contributed by atoms with Crippen molar-refractivity contribution in [1.29, 1.82) is 0 Å². The number of anilines is 2. The standard InChI is InChI=1S/C15H14ClFN2O4S/c1-9(20)18-12-5-4-11(17)8-13(12)19-24(21,22)15-7-10(16)3-6-14(15)23-2/h3-8,19H,1-2H3,(H,18,20). The normalized spacial score (nSPS) is 11.0. The average Bonchev–Trinajstić information content (AvgIpc) is 2.49. The van der Waals surface area contributed by atoms with Gasteiger partial charge in [0.05, 0.1) is 18.5 Å². The Labute approximate surface area is 143 Å². The van der Waals surface area contributed by atoms with E-state index in [4.69, 9.17) is 16.3 Å². The molecule has 0 unspecified atom stereocenters. The average molecular weight is 373 g/mol. The van der Waals surface area contributed by atoms with E-state index in [1.807, 2.05) is 0 Å². The number of carbonyl (C=O) groups excluding carboxylic acids is 1. The molecular weight excluding hydrogens is 359 g/mol. The molecule has 0 heterocycles. The second-order valence-electron chi connectivity index (χ2n) is 4.77. The Bertz CT molecular complexity index is 887. The summed E-state index contributed by atoms with van der Waals surface area (Å²) in [7, 11) is -2.82. The van der Waals surface area contributed by atoms with Crippen LogP contribution in [0.25, 0.3) is 0 Å². The van der Waals surface area contributed by atoms with Gasteiger partial charge in [0.15, 0.2) is 0 Å². The van der Waals surface area contributed by atoms with Gasteiger partial charge < -0.3 is 10.1 Å². The predicted octanol–water partition coefficient (Wildman–Crippen LogP) is 3.25. The lowest BCUT2D eigenvalue weighted by atomic mass is 10.2. The van der Waals surface area contributed by atoms with Crippen LogP contribution in [-0.4, -0.2) is 21.4 Å². The van der Waals surface area contributed by atoms with Crippen LogP contribution in [0, 0.1) is 5.82 Å². The van der Waals surface area contributed by atoms with Crippen LogP contribution in [0.2, 0.25) is 5.02 Å². The van der Waals surface area contributed by atoms with Gasteiger partial charge in [-0.1, -0.05) is 11.6 Å². The van der Waals surface area contributed by atoms with Crippen molar-refractivity contribution in [3.05, 3.63) is 47.2 Å². The van der Waals surface area contributed by atoms with Crippen LogP contribution < -0.4 is 14.8 Å². The SMILES string of the molecule is COc1ccc(Cl)cc1S(=O)(=O)Nc1cc(F)ccc1NC(C)=O. The van der Waals surface area contributed by atoms with Crippen molar-refractivity contribution in [1.82, 2.24) is 0 Å². The minimum atomic E-state index is -4.13. The van der Waals surface area contributed by atoms with Crippen molar-refractivity contribution in [3.63, 3.8) is 0 Å². The number of hydrogen-bond donors (Lipinski definition) is 2. The molecule has 2 N–H and O–H groups in total. The minimum Gasteiger partial charge on any atom is -0.495 e. The van der Waals surface area contributed by atoms with Gasteiger partial charge in [0.25, 0.3) is 10.0 Å². The molecule has 0 aromatic heterocycles. The van der Waals surface area contributed by atoms with Crippen LogP contribution in [0.1, 0.15) is 6.92 Å². The summed E-state index contributed by atoms with van der Waals surface area (Å²) >= 11 is 5.84. The number of carbonyl (C=O) groups is 1. The molecular formula is C15H14ClFN2O4S. The highest BCUT2D eigenvalue weighted by atomic mass is 35.5. The van der Waals surface area contributed by atoms with Gasteiger partial charge in [-0.3, -0.25) is 9.52 Å². The first-order chi connectivity index (χ1) is 11.2. The van der Waals surface area contributed by atoms with Gasteiger partial charge in [-0.2, -0.15) is 0 Å². The second kappa shape index (κ2) is 7.06. The maximum absolute atomic E-state index is 13.5. The van der Waals surface area contributed by atoms with Crippen molar-refractivity contribution in [2.24, 2.45) is 0 Å². The highest BCUT2D eigenvalue weighted by molar-refractivity contribution is 7.92. The highest BCUT2D eigenvalue weighted by Gasteiger charge is 2.22. The number of amides is 1. The van der Waals surface area contributed by atoms with E-state index in [0.717, 1.165) is 12.1 Å². The summed E-state index contributed by atoms with van der Waals surface area (Å²) in [5, 5.41) is 2.62. The first-order valence-corrected chi connectivity index (χ1v) is 8.52. The number of sulfonamides is 1. The number of hydrogen-bond acceptors (Lipinski definition) is 4. The van der Waals surface area contributed by atoms with E-state index in [2.05, 4.69) is 10.0 Å². The summed E-state index contributed by atoms with van der Waals surface area (Å²) in [6, 6.07) is 7.40. The lowest BCUT2D eigenvalue weighted by Gasteiger charge is -2.15. The summed E-state index contributed by atoms with van der Waals surface area (Å²) in [5.74, 6) is -1.02. The van der Waals surface area contributed by atoms with Crippen LogP contribution in [0.4, 0.5) is 15.8 Å². The van der Waals surface area contributed by atoms with Crippen molar-refractivity contribution in [3.8, 4) is 5.75 Å². The van der Waals surface area contributed by atoms with E-state index in [9.17, 15) is 17.6 Å². The van der Waals surface area contributed by atoms with Gasteiger partial charge in [-0.15, -0.1) is 0 Å². The summed E-state index contributed by atoms with van der Waals surface area (Å²) in [5.41, 5.74) is 0.000647. The molecule has 9 heteroatoms. The van der Waals surface area contributed by atoms with Crippen molar-refractivity contribution >= 4 is 38.9 Å². The zero-order valence-electron chi connectivity index (χ0n) is 12.8. The number of rotatable bonds is 5.